The number of ether oxygens (including phenoxy) is 4. The smallest absolute Gasteiger partial charge is 0.313 e. The zero-order valence-corrected chi connectivity index (χ0v) is 24.0. The molecule has 13 heteroatoms. The van der Waals surface area contributed by atoms with Crippen LogP contribution in [0, 0.1) is 10.1 Å². The average Bonchev–Trinajstić information content (AvgIpc) is 3.33. The van der Waals surface area contributed by atoms with E-state index in [9.17, 15) is 10.1 Å². The van der Waals surface area contributed by atoms with Gasteiger partial charge >= 0.3 is 5.69 Å². The number of halogens is 1. The second kappa shape index (κ2) is 12.2. The second-order valence-corrected chi connectivity index (χ2v) is 10.1. The molecule has 0 fully saturated rings. The third kappa shape index (κ3) is 5.99. The summed E-state index contributed by atoms with van der Waals surface area (Å²) in [6, 6.07) is 8.68. The van der Waals surface area contributed by atoms with Gasteiger partial charge in [0.1, 0.15) is 24.2 Å². The van der Waals surface area contributed by atoms with E-state index in [-0.39, 0.29) is 24.0 Å². The molecule has 0 aliphatic carbocycles. The summed E-state index contributed by atoms with van der Waals surface area (Å²) < 4.78 is 25.1. The Labute approximate surface area is 241 Å². The number of nitro benzene ring substituents is 1. The molecule has 1 aliphatic rings. The number of para-hydroxylation sites is 1. The van der Waals surface area contributed by atoms with Crippen molar-refractivity contribution in [3.8, 4) is 28.5 Å². The standard InChI is InChI=1S/C28H31ClN6O6/c1-5-39-16-17(14-33(2)3)41-25-12-24(38-4)21(11-22(25)35(36)37)31-28-30-13-20(29)26(32-28)19-15-34-9-10-40-23-8-6-7-18(19)27(23)34/h6-8,11-13,15,17H,5,9-10,14,16H2,1-4H3,(H,30,31,32)/t17-/m1/s1. The molecule has 0 bridgehead atoms. The quantitative estimate of drug-likeness (QED) is 0.177. The predicted molar refractivity (Wildman–Crippen MR) is 156 cm³/mol. The van der Waals surface area contributed by atoms with Crippen LogP contribution < -0.4 is 19.5 Å². The van der Waals surface area contributed by atoms with E-state index in [0.29, 0.717) is 48.5 Å². The first-order valence-electron chi connectivity index (χ1n) is 13.1. The molecule has 0 unspecified atom stereocenters. The van der Waals surface area contributed by atoms with Crippen molar-refractivity contribution in [2.24, 2.45) is 0 Å². The van der Waals surface area contributed by atoms with Crippen LogP contribution in [-0.2, 0) is 11.3 Å². The highest BCUT2D eigenvalue weighted by atomic mass is 35.5. The van der Waals surface area contributed by atoms with Crippen LogP contribution in [0.5, 0.6) is 17.2 Å². The molecule has 2 aromatic heterocycles. The SMILES string of the molecule is CCOC[C@@H](CN(C)C)Oc1cc(OC)c(Nc2ncc(Cl)c(-c3cn4c5c(cccc35)OCC4)n2)cc1[N+](=O)[O-]. The fraction of sp³-hybridized carbons (Fsp3) is 0.357. The summed E-state index contributed by atoms with van der Waals surface area (Å²) >= 11 is 6.57. The molecular weight excluding hydrogens is 552 g/mol. The van der Waals surface area contributed by atoms with E-state index < -0.39 is 11.0 Å². The summed E-state index contributed by atoms with van der Waals surface area (Å²) in [5.74, 6) is 1.38. The van der Waals surface area contributed by atoms with Crippen LogP contribution in [0.15, 0.2) is 42.7 Å². The largest absolute Gasteiger partial charge is 0.494 e. The fourth-order valence-corrected chi connectivity index (χ4v) is 5.00. The molecule has 1 aliphatic heterocycles. The Morgan fingerprint density at radius 3 is 2.85 bits per heavy atom. The van der Waals surface area contributed by atoms with Crippen LogP contribution in [-0.4, -0.2) is 78.0 Å². The topological polar surface area (TPSA) is 126 Å². The number of hydrogen-bond acceptors (Lipinski definition) is 10. The van der Waals surface area contributed by atoms with Crippen molar-refractivity contribution >= 4 is 39.8 Å². The first-order valence-corrected chi connectivity index (χ1v) is 13.5. The van der Waals surface area contributed by atoms with Gasteiger partial charge in [0, 0.05) is 42.4 Å². The van der Waals surface area contributed by atoms with Gasteiger partial charge in [-0.15, -0.1) is 0 Å². The normalized spacial score (nSPS) is 13.2. The molecule has 41 heavy (non-hydrogen) atoms. The Bertz CT molecular complexity index is 1580. The van der Waals surface area contributed by atoms with Gasteiger partial charge in [-0.3, -0.25) is 10.1 Å². The fourth-order valence-electron chi connectivity index (χ4n) is 4.81. The van der Waals surface area contributed by atoms with Gasteiger partial charge in [0.15, 0.2) is 0 Å². The molecule has 3 heterocycles. The average molecular weight is 583 g/mol. The minimum atomic E-state index is -0.503. The van der Waals surface area contributed by atoms with Gasteiger partial charge in [-0.2, -0.15) is 0 Å². The molecule has 12 nitrogen and oxygen atoms in total. The summed E-state index contributed by atoms with van der Waals surface area (Å²) in [6.07, 6.45) is 3.06. The molecule has 2 aromatic carbocycles. The number of nitrogens with zero attached hydrogens (tertiary/aromatic N) is 5. The van der Waals surface area contributed by atoms with Gasteiger partial charge in [0.2, 0.25) is 11.7 Å². The Balaban J connectivity index is 1.49. The van der Waals surface area contributed by atoms with Gasteiger partial charge in [0.05, 0.1) is 53.3 Å². The van der Waals surface area contributed by atoms with E-state index in [1.807, 2.05) is 50.3 Å². The van der Waals surface area contributed by atoms with E-state index in [4.69, 9.17) is 30.5 Å². The first-order chi connectivity index (χ1) is 19.8. The summed E-state index contributed by atoms with van der Waals surface area (Å²) in [7, 11) is 5.25. The second-order valence-electron chi connectivity index (χ2n) is 9.69. The van der Waals surface area contributed by atoms with E-state index >= 15 is 0 Å². The molecule has 1 N–H and O–H groups in total. The van der Waals surface area contributed by atoms with Gasteiger partial charge < -0.3 is 33.7 Å². The number of aromatic nitrogens is 3. The summed E-state index contributed by atoms with van der Waals surface area (Å²) in [4.78, 5) is 22.5. The Morgan fingerprint density at radius 1 is 1.29 bits per heavy atom. The molecule has 1 atom stereocenters. The van der Waals surface area contributed by atoms with Crippen LogP contribution in [0.25, 0.3) is 22.2 Å². The molecule has 0 saturated carbocycles. The lowest BCUT2D eigenvalue weighted by molar-refractivity contribution is -0.386. The highest BCUT2D eigenvalue weighted by Crippen LogP contribution is 2.41. The van der Waals surface area contributed by atoms with Crippen molar-refractivity contribution in [3.05, 3.63) is 57.9 Å². The van der Waals surface area contributed by atoms with E-state index in [2.05, 4.69) is 19.9 Å². The maximum absolute atomic E-state index is 12.1. The molecule has 0 radical (unpaired) electrons. The lowest BCUT2D eigenvalue weighted by Crippen LogP contribution is -2.34. The summed E-state index contributed by atoms with van der Waals surface area (Å²) in [6.45, 7) is 4.44. The maximum atomic E-state index is 12.1. The van der Waals surface area contributed by atoms with Crippen LogP contribution in [0.1, 0.15) is 6.92 Å². The van der Waals surface area contributed by atoms with Gasteiger partial charge in [-0.05, 0) is 27.1 Å². The van der Waals surface area contributed by atoms with E-state index in [0.717, 1.165) is 22.2 Å². The monoisotopic (exact) mass is 582 g/mol. The number of rotatable bonds is 12. The van der Waals surface area contributed by atoms with Gasteiger partial charge in [0.25, 0.3) is 0 Å². The van der Waals surface area contributed by atoms with Crippen molar-refractivity contribution in [1.29, 1.82) is 0 Å². The van der Waals surface area contributed by atoms with Crippen molar-refractivity contribution in [2.45, 2.75) is 19.6 Å². The summed E-state index contributed by atoms with van der Waals surface area (Å²) in [5.41, 5.74) is 2.37. The van der Waals surface area contributed by atoms with Crippen LogP contribution in [0.2, 0.25) is 5.02 Å². The van der Waals surface area contributed by atoms with Crippen LogP contribution in [0.4, 0.5) is 17.3 Å². The van der Waals surface area contributed by atoms with Crippen molar-refractivity contribution < 1.29 is 23.9 Å². The molecule has 0 spiro atoms. The number of methoxy groups -OCH3 is 1. The molecule has 5 rings (SSSR count). The van der Waals surface area contributed by atoms with Crippen LogP contribution >= 0.6 is 11.6 Å². The third-order valence-corrected chi connectivity index (χ3v) is 6.82. The third-order valence-electron chi connectivity index (χ3n) is 6.54. The van der Waals surface area contributed by atoms with Crippen molar-refractivity contribution in [1.82, 2.24) is 19.4 Å². The molecule has 216 valence electrons. The maximum Gasteiger partial charge on any atom is 0.313 e. The minimum Gasteiger partial charge on any atom is -0.494 e. The molecular formula is C28H31ClN6O6. The van der Waals surface area contributed by atoms with Crippen LogP contribution in [0.3, 0.4) is 0 Å². The van der Waals surface area contributed by atoms with Gasteiger partial charge in [-0.25, -0.2) is 9.97 Å². The minimum absolute atomic E-state index is 0.0676. The number of likely N-dealkylation sites (N-methyl/N-ethyl adjacent to an activating group) is 1. The number of nitrogens with one attached hydrogen (secondary N) is 1. The van der Waals surface area contributed by atoms with E-state index in [1.54, 1.807) is 0 Å². The number of nitro groups is 1. The number of hydrogen-bond donors (Lipinski definition) is 1. The summed E-state index contributed by atoms with van der Waals surface area (Å²) in [5, 5.41) is 16.4. The van der Waals surface area contributed by atoms with Crippen molar-refractivity contribution in [3.63, 3.8) is 0 Å². The Morgan fingerprint density at radius 2 is 2.12 bits per heavy atom. The number of anilines is 2. The molecule has 4 aromatic rings. The zero-order valence-electron chi connectivity index (χ0n) is 23.2. The molecule has 0 saturated heterocycles. The van der Waals surface area contributed by atoms with Gasteiger partial charge in [-0.1, -0.05) is 23.7 Å². The predicted octanol–water partition coefficient (Wildman–Crippen LogP) is 5.15. The highest BCUT2D eigenvalue weighted by Gasteiger charge is 2.25. The highest BCUT2D eigenvalue weighted by molar-refractivity contribution is 6.33. The van der Waals surface area contributed by atoms with E-state index in [1.165, 1.54) is 25.4 Å². The lowest BCUT2D eigenvalue weighted by atomic mass is 10.1. The first kappa shape index (κ1) is 28.4. The lowest BCUT2D eigenvalue weighted by Gasteiger charge is -2.23. The zero-order chi connectivity index (χ0) is 29.1. The van der Waals surface area contributed by atoms with Crippen molar-refractivity contribution in [2.75, 3.05) is 52.9 Å². The number of benzene rings is 2. The Kier molecular flexibility index (Phi) is 8.43. The molecule has 0 amide bonds. The Hall–Kier alpha value is -4.13.